The van der Waals surface area contributed by atoms with Gasteiger partial charge in [0.2, 0.25) is 0 Å². The van der Waals surface area contributed by atoms with Gasteiger partial charge in [-0.1, -0.05) is 12.1 Å². The number of hydrogen-bond acceptors (Lipinski definition) is 4. The highest BCUT2D eigenvalue weighted by molar-refractivity contribution is 5.38. The van der Waals surface area contributed by atoms with E-state index in [9.17, 15) is 0 Å². The number of benzene rings is 1. The molecule has 0 saturated heterocycles. The van der Waals surface area contributed by atoms with Crippen molar-refractivity contribution in [1.82, 2.24) is 4.90 Å². The molecule has 0 saturated carbocycles. The molecule has 4 nitrogen and oxygen atoms in total. The van der Waals surface area contributed by atoms with Gasteiger partial charge in [0.25, 0.3) is 0 Å². The van der Waals surface area contributed by atoms with Crippen LogP contribution in [0, 0.1) is 11.3 Å². The molecule has 4 heteroatoms. The van der Waals surface area contributed by atoms with Gasteiger partial charge in [0.05, 0.1) is 24.7 Å². The van der Waals surface area contributed by atoms with E-state index in [0.29, 0.717) is 6.42 Å². The fourth-order valence-corrected chi connectivity index (χ4v) is 1.51. The second-order valence-corrected chi connectivity index (χ2v) is 4.48. The van der Waals surface area contributed by atoms with Crippen molar-refractivity contribution in [3.8, 4) is 6.07 Å². The third-order valence-electron chi connectivity index (χ3n) is 2.52. The van der Waals surface area contributed by atoms with Crippen LogP contribution in [-0.2, 0) is 6.42 Å². The van der Waals surface area contributed by atoms with Gasteiger partial charge in [-0.2, -0.15) is 15.5 Å². The lowest BCUT2D eigenvalue weighted by molar-refractivity contribution is 0.395. The fourth-order valence-electron chi connectivity index (χ4n) is 1.51. The zero-order valence-electron chi connectivity index (χ0n) is 11.1. The summed E-state index contributed by atoms with van der Waals surface area (Å²) < 4.78 is 0. The van der Waals surface area contributed by atoms with E-state index in [1.807, 2.05) is 24.3 Å². The van der Waals surface area contributed by atoms with Crippen LogP contribution in [0.1, 0.15) is 18.4 Å². The molecule has 0 heterocycles. The Labute approximate surface area is 109 Å². The highest BCUT2D eigenvalue weighted by atomic mass is 15.1. The second-order valence-electron chi connectivity index (χ2n) is 4.48. The van der Waals surface area contributed by atoms with E-state index in [-0.39, 0.29) is 0 Å². The van der Waals surface area contributed by atoms with Crippen LogP contribution >= 0.6 is 0 Å². The molecule has 0 aliphatic heterocycles. The standard InChI is InChI=1S/C14H20N4/c1-18(2)12-4-3-11-16-17-14-7-5-13(6-8-14)9-10-15/h5-8H,3-4,9,11-12H2,1-2H3. The Morgan fingerprint density at radius 2 is 1.89 bits per heavy atom. The van der Waals surface area contributed by atoms with Crippen molar-refractivity contribution in [3.05, 3.63) is 29.8 Å². The van der Waals surface area contributed by atoms with E-state index in [1.54, 1.807) is 0 Å². The lowest BCUT2D eigenvalue weighted by Gasteiger charge is -2.06. The smallest absolute Gasteiger partial charge is 0.0852 e. The zero-order valence-corrected chi connectivity index (χ0v) is 11.1. The molecule has 0 bridgehead atoms. The van der Waals surface area contributed by atoms with E-state index in [4.69, 9.17) is 5.26 Å². The summed E-state index contributed by atoms with van der Waals surface area (Å²) in [7, 11) is 4.15. The molecule has 0 aliphatic rings. The first kappa shape index (κ1) is 14.3. The van der Waals surface area contributed by atoms with Crippen LogP contribution in [0.4, 0.5) is 5.69 Å². The van der Waals surface area contributed by atoms with Gasteiger partial charge in [0.1, 0.15) is 0 Å². The summed E-state index contributed by atoms with van der Waals surface area (Å²) in [5.41, 5.74) is 1.87. The molecule has 0 N–H and O–H groups in total. The molecule has 1 aromatic carbocycles. The number of nitrogens with zero attached hydrogens (tertiary/aromatic N) is 4. The first-order chi connectivity index (χ1) is 8.72. The first-order valence-electron chi connectivity index (χ1n) is 6.20. The van der Waals surface area contributed by atoms with Crippen molar-refractivity contribution < 1.29 is 0 Å². The molecule has 96 valence electrons. The molecule has 0 spiro atoms. The first-order valence-corrected chi connectivity index (χ1v) is 6.20. The Morgan fingerprint density at radius 1 is 1.17 bits per heavy atom. The molecule has 18 heavy (non-hydrogen) atoms. The highest BCUT2D eigenvalue weighted by Crippen LogP contribution is 2.13. The van der Waals surface area contributed by atoms with Gasteiger partial charge < -0.3 is 4.90 Å². The third kappa shape index (κ3) is 6.12. The van der Waals surface area contributed by atoms with E-state index >= 15 is 0 Å². The van der Waals surface area contributed by atoms with E-state index in [0.717, 1.165) is 37.2 Å². The molecular weight excluding hydrogens is 224 g/mol. The topological polar surface area (TPSA) is 51.8 Å². The van der Waals surface area contributed by atoms with Crippen molar-refractivity contribution in [1.29, 1.82) is 5.26 Å². The molecule has 1 aromatic rings. The van der Waals surface area contributed by atoms with Gasteiger partial charge in [-0.05, 0) is 51.2 Å². The molecule has 0 amide bonds. The van der Waals surface area contributed by atoms with E-state index in [1.165, 1.54) is 0 Å². The van der Waals surface area contributed by atoms with Crippen LogP contribution in [-0.4, -0.2) is 32.1 Å². The van der Waals surface area contributed by atoms with Crippen molar-refractivity contribution in [2.75, 3.05) is 27.2 Å². The van der Waals surface area contributed by atoms with Crippen molar-refractivity contribution in [3.63, 3.8) is 0 Å². The third-order valence-corrected chi connectivity index (χ3v) is 2.52. The van der Waals surface area contributed by atoms with Gasteiger partial charge in [-0.15, -0.1) is 0 Å². The van der Waals surface area contributed by atoms with E-state index in [2.05, 4.69) is 35.3 Å². The van der Waals surface area contributed by atoms with Crippen LogP contribution < -0.4 is 0 Å². The monoisotopic (exact) mass is 244 g/mol. The largest absolute Gasteiger partial charge is 0.309 e. The van der Waals surface area contributed by atoms with Gasteiger partial charge in [0, 0.05) is 0 Å². The quantitative estimate of drug-likeness (QED) is 0.546. The van der Waals surface area contributed by atoms with E-state index < -0.39 is 0 Å². The van der Waals surface area contributed by atoms with Crippen molar-refractivity contribution in [2.24, 2.45) is 10.2 Å². The Kier molecular flexibility index (Phi) is 6.67. The van der Waals surface area contributed by atoms with Crippen LogP contribution in [0.25, 0.3) is 0 Å². The van der Waals surface area contributed by atoms with Crippen LogP contribution in [0.2, 0.25) is 0 Å². The summed E-state index contributed by atoms with van der Waals surface area (Å²) in [4.78, 5) is 2.17. The summed E-state index contributed by atoms with van der Waals surface area (Å²) in [6.07, 6.45) is 2.66. The number of nitriles is 1. The van der Waals surface area contributed by atoms with Crippen molar-refractivity contribution in [2.45, 2.75) is 19.3 Å². The Hall–Kier alpha value is -1.73. The number of azo groups is 1. The van der Waals surface area contributed by atoms with Gasteiger partial charge in [-0.3, -0.25) is 0 Å². The summed E-state index contributed by atoms with van der Waals surface area (Å²) in [5.74, 6) is 0. The molecule has 1 rings (SSSR count). The number of unbranched alkanes of at least 4 members (excludes halogenated alkanes) is 1. The minimum atomic E-state index is 0.446. The average Bonchev–Trinajstić information content (AvgIpc) is 2.35. The number of rotatable bonds is 7. The molecular formula is C14H20N4. The predicted octanol–water partition coefficient (Wildman–Crippen LogP) is 3.18. The second kappa shape index (κ2) is 8.37. The lowest BCUT2D eigenvalue weighted by atomic mass is 10.1. The highest BCUT2D eigenvalue weighted by Gasteiger charge is 1.93. The molecule has 0 aliphatic carbocycles. The number of hydrogen-bond donors (Lipinski definition) is 0. The van der Waals surface area contributed by atoms with Gasteiger partial charge >= 0.3 is 0 Å². The summed E-state index contributed by atoms with van der Waals surface area (Å²) in [5, 5.41) is 16.9. The van der Waals surface area contributed by atoms with Crippen LogP contribution in [0.3, 0.4) is 0 Å². The predicted molar refractivity (Wildman–Crippen MR) is 72.9 cm³/mol. The minimum absolute atomic E-state index is 0.446. The zero-order chi connectivity index (χ0) is 13.2. The Balaban J connectivity index is 2.27. The summed E-state index contributed by atoms with van der Waals surface area (Å²) in [6.45, 7) is 1.87. The molecule has 0 atom stereocenters. The normalized spacial score (nSPS) is 11.0. The Morgan fingerprint density at radius 3 is 2.50 bits per heavy atom. The molecule has 0 fully saturated rings. The molecule has 0 radical (unpaired) electrons. The summed E-state index contributed by atoms with van der Waals surface area (Å²) >= 11 is 0. The van der Waals surface area contributed by atoms with Crippen LogP contribution in [0.5, 0.6) is 0 Å². The maximum atomic E-state index is 8.56. The molecule has 0 aromatic heterocycles. The average molecular weight is 244 g/mol. The van der Waals surface area contributed by atoms with Gasteiger partial charge in [-0.25, -0.2) is 0 Å². The fraction of sp³-hybridized carbons (Fsp3) is 0.500. The van der Waals surface area contributed by atoms with Gasteiger partial charge in [0.15, 0.2) is 0 Å². The maximum Gasteiger partial charge on any atom is 0.0852 e. The minimum Gasteiger partial charge on any atom is -0.309 e. The SMILES string of the molecule is CN(C)CCCCN=Nc1ccc(CC#N)cc1. The van der Waals surface area contributed by atoms with Crippen molar-refractivity contribution >= 4 is 5.69 Å². The lowest BCUT2D eigenvalue weighted by Crippen LogP contribution is -2.12. The van der Waals surface area contributed by atoms with Crippen LogP contribution in [0.15, 0.2) is 34.5 Å². The summed E-state index contributed by atoms with van der Waals surface area (Å²) in [6, 6.07) is 9.76. The molecule has 0 unspecified atom stereocenters. The maximum absolute atomic E-state index is 8.56. The Bertz CT molecular complexity index is 401.